The second kappa shape index (κ2) is 11.0. The zero-order valence-electron chi connectivity index (χ0n) is 21.4. The minimum atomic E-state index is -1.30. The van der Waals surface area contributed by atoms with Crippen molar-refractivity contribution >= 4 is 11.8 Å². The highest BCUT2D eigenvalue weighted by molar-refractivity contribution is 5.97. The molecule has 2 aromatic heterocycles. The molecule has 2 aromatic carbocycles. The van der Waals surface area contributed by atoms with E-state index in [1.54, 1.807) is 35.4 Å². The number of hydrogen-bond acceptors (Lipinski definition) is 4. The highest BCUT2D eigenvalue weighted by Gasteiger charge is 2.41. The number of halogens is 1. The molecule has 1 saturated heterocycles. The van der Waals surface area contributed by atoms with Gasteiger partial charge in [-0.2, -0.15) is 0 Å². The molecule has 3 heterocycles. The maximum Gasteiger partial charge on any atom is 0.273 e. The predicted octanol–water partition coefficient (Wildman–Crippen LogP) is 4.85. The summed E-state index contributed by atoms with van der Waals surface area (Å²) in [4.78, 5) is 36.6. The van der Waals surface area contributed by atoms with Gasteiger partial charge in [-0.1, -0.05) is 68.4 Å². The molecule has 0 bridgehead atoms. The number of pyridine rings is 1. The molecule has 0 unspecified atom stereocenters. The smallest absolute Gasteiger partial charge is 0.273 e. The van der Waals surface area contributed by atoms with Crippen LogP contribution in [0.15, 0.2) is 91.6 Å². The minimum absolute atomic E-state index is 0.0629. The zero-order chi connectivity index (χ0) is 26.6. The van der Waals surface area contributed by atoms with Crippen LogP contribution in [-0.4, -0.2) is 50.0 Å². The molecule has 0 radical (unpaired) electrons. The highest BCUT2D eigenvalue weighted by atomic mass is 19.1. The first-order chi connectivity index (χ1) is 18.4. The summed E-state index contributed by atoms with van der Waals surface area (Å²) >= 11 is 0. The van der Waals surface area contributed by atoms with Crippen LogP contribution in [0.2, 0.25) is 0 Å². The molecule has 1 N–H and O–H groups in total. The van der Waals surface area contributed by atoms with Gasteiger partial charge in [-0.05, 0) is 34.7 Å². The Balaban J connectivity index is 1.40. The van der Waals surface area contributed by atoms with E-state index in [-0.39, 0.29) is 18.7 Å². The van der Waals surface area contributed by atoms with Crippen LogP contribution in [0.4, 0.5) is 4.39 Å². The van der Waals surface area contributed by atoms with E-state index < -0.39 is 30.1 Å². The summed E-state index contributed by atoms with van der Waals surface area (Å²) < 4.78 is 16.4. The van der Waals surface area contributed by atoms with Gasteiger partial charge >= 0.3 is 0 Å². The summed E-state index contributed by atoms with van der Waals surface area (Å²) in [7, 11) is 0. The number of hydrogen-bond donors (Lipinski definition) is 1. The van der Waals surface area contributed by atoms with Gasteiger partial charge in [-0.3, -0.25) is 14.6 Å². The van der Waals surface area contributed by atoms with E-state index in [4.69, 9.17) is 0 Å². The van der Waals surface area contributed by atoms with Gasteiger partial charge in [0.15, 0.2) is 0 Å². The minimum Gasteiger partial charge on any atom is -0.343 e. The Hall–Kier alpha value is -4.33. The fourth-order valence-corrected chi connectivity index (χ4v) is 4.83. The Morgan fingerprint density at radius 1 is 0.974 bits per heavy atom. The number of imidazole rings is 1. The van der Waals surface area contributed by atoms with Crippen LogP contribution < -0.4 is 5.32 Å². The predicted molar refractivity (Wildman–Crippen MR) is 143 cm³/mol. The molecule has 194 valence electrons. The van der Waals surface area contributed by atoms with Crippen molar-refractivity contribution in [3.05, 3.63) is 114 Å². The van der Waals surface area contributed by atoms with Crippen LogP contribution in [-0.2, 0) is 4.79 Å². The third-order valence-electron chi connectivity index (χ3n) is 6.93. The Labute approximate surface area is 221 Å². The maximum absolute atomic E-state index is 14.7. The number of nitrogens with one attached hydrogen (secondary N) is 1. The van der Waals surface area contributed by atoms with Gasteiger partial charge < -0.3 is 14.8 Å². The van der Waals surface area contributed by atoms with E-state index in [2.05, 4.69) is 41.3 Å². The highest BCUT2D eigenvalue weighted by Crippen LogP contribution is 2.28. The largest absolute Gasteiger partial charge is 0.343 e. The van der Waals surface area contributed by atoms with Crippen molar-refractivity contribution in [1.82, 2.24) is 24.8 Å². The molecule has 5 rings (SSSR count). The monoisotopic (exact) mass is 511 g/mol. The first-order valence-corrected chi connectivity index (χ1v) is 12.8. The Bertz CT molecular complexity index is 1390. The number of aromatic nitrogens is 3. The third-order valence-corrected chi connectivity index (χ3v) is 6.93. The summed E-state index contributed by atoms with van der Waals surface area (Å²) in [5.74, 6) is -0.495. The molecule has 0 saturated carbocycles. The summed E-state index contributed by atoms with van der Waals surface area (Å²) in [6.07, 6.45) is 5.16. The SMILES string of the molecule is CC(C)c1ccc([C@@H](NC(=O)[C@@H]2C[C@@H](F)CN2C(=O)c2cc(-n3ccnc3)ccn2)c2ccccc2)cc1. The van der Waals surface area contributed by atoms with Crippen molar-refractivity contribution in [2.24, 2.45) is 0 Å². The van der Waals surface area contributed by atoms with Gasteiger partial charge in [0.2, 0.25) is 5.91 Å². The molecular weight excluding hydrogens is 481 g/mol. The molecule has 0 spiro atoms. The molecular formula is C30H30FN5O2. The standard InChI is InChI=1S/C30H30FN5O2/c1-20(2)21-8-10-23(11-9-21)28(22-6-4-3-5-7-22)34-29(37)27-16-24(31)18-36(27)30(38)26-17-25(12-13-33-26)35-15-14-32-19-35/h3-15,17,19-20,24,27-28H,16,18H2,1-2H3,(H,34,37)/t24-,27+,28+/m1/s1. The van der Waals surface area contributed by atoms with Gasteiger partial charge in [0, 0.05) is 25.0 Å². The Morgan fingerprint density at radius 2 is 1.68 bits per heavy atom. The molecule has 38 heavy (non-hydrogen) atoms. The van der Waals surface area contributed by atoms with Crippen LogP contribution in [0, 0.1) is 0 Å². The summed E-state index contributed by atoms with van der Waals surface area (Å²) in [6.45, 7) is 4.10. The van der Waals surface area contributed by atoms with Crippen molar-refractivity contribution in [2.75, 3.05) is 6.54 Å². The number of benzene rings is 2. The Kier molecular flexibility index (Phi) is 7.31. The van der Waals surface area contributed by atoms with Crippen molar-refractivity contribution in [2.45, 2.75) is 44.4 Å². The second-order valence-corrected chi connectivity index (χ2v) is 9.85. The van der Waals surface area contributed by atoms with Gasteiger partial charge in [0.1, 0.15) is 17.9 Å². The summed E-state index contributed by atoms with van der Waals surface area (Å²) in [5.41, 5.74) is 3.86. The molecule has 2 amide bonds. The number of alkyl halides is 1. The van der Waals surface area contributed by atoms with Crippen LogP contribution in [0.1, 0.15) is 59.4 Å². The van der Waals surface area contributed by atoms with Crippen molar-refractivity contribution in [3.8, 4) is 5.69 Å². The van der Waals surface area contributed by atoms with Crippen molar-refractivity contribution < 1.29 is 14.0 Å². The molecule has 1 aliphatic rings. The maximum atomic E-state index is 14.7. The van der Waals surface area contributed by atoms with Crippen LogP contribution in [0.5, 0.6) is 0 Å². The molecule has 7 nitrogen and oxygen atoms in total. The quantitative estimate of drug-likeness (QED) is 0.385. The van der Waals surface area contributed by atoms with Crippen LogP contribution in [0.3, 0.4) is 0 Å². The summed E-state index contributed by atoms with van der Waals surface area (Å²) in [5, 5.41) is 3.10. The topological polar surface area (TPSA) is 80.1 Å². The molecule has 3 atom stereocenters. The first-order valence-electron chi connectivity index (χ1n) is 12.8. The van der Waals surface area contributed by atoms with Crippen molar-refractivity contribution in [1.29, 1.82) is 0 Å². The lowest BCUT2D eigenvalue weighted by Crippen LogP contribution is -2.47. The lowest BCUT2D eigenvalue weighted by atomic mass is 9.95. The number of rotatable bonds is 7. The molecule has 1 fully saturated rings. The molecule has 1 aliphatic heterocycles. The zero-order valence-corrected chi connectivity index (χ0v) is 21.4. The van der Waals surface area contributed by atoms with Gasteiger partial charge in [-0.25, -0.2) is 9.37 Å². The van der Waals surface area contributed by atoms with E-state index in [0.29, 0.717) is 11.6 Å². The van der Waals surface area contributed by atoms with Gasteiger partial charge in [-0.15, -0.1) is 0 Å². The Morgan fingerprint density at radius 3 is 2.37 bits per heavy atom. The van der Waals surface area contributed by atoms with Crippen LogP contribution >= 0.6 is 0 Å². The lowest BCUT2D eigenvalue weighted by Gasteiger charge is -2.27. The number of carbonyl (C=O) groups excluding carboxylic acids is 2. The van der Waals surface area contributed by atoms with E-state index in [1.165, 1.54) is 16.7 Å². The van der Waals surface area contributed by atoms with Gasteiger partial charge in [0.05, 0.1) is 24.6 Å². The lowest BCUT2D eigenvalue weighted by molar-refractivity contribution is -0.125. The second-order valence-electron chi connectivity index (χ2n) is 9.85. The molecule has 4 aromatic rings. The number of likely N-dealkylation sites (tertiary alicyclic amines) is 1. The summed E-state index contributed by atoms with van der Waals surface area (Å²) in [6, 6.07) is 19.8. The number of amides is 2. The first kappa shape index (κ1) is 25.3. The van der Waals surface area contributed by atoms with E-state index >= 15 is 0 Å². The van der Waals surface area contributed by atoms with Gasteiger partial charge in [0.25, 0.3) is 5.91 Å². The number of carbonyl (C=O) groups is 2. The van der Waals surface area contributed by atoms with E-state index in [9.17, 15) is 14.0 Å². The number of nitrogens with zero attached hydrogens (tertiary/aromatic N) is 4. The molecule has 8 heteroatoms. The average molecular weight is 512 g/mol. The normalized spacial score (nSPS) is 17.9. The van der Waals surface area contributed by atoms with Crippen molar-refractivity contribution in [3.63, 3.8) is 0 Å². The van der Waals surface area contributed by atoms with E-state index in [1.807, 2.05) is 42.5 Å². The fraction of sp³-hybridized carbons (Fsp3) is 0.267. The van der Waals surface area contributed by atoms with Crippen LogP contribution in [0.25, 0.3) is 5.69 Å². The average Bonchev–Trinajstić information content (AvgIpc) is 3.62. The van der Waals surface area contributed by atoms with E-state index in [0.717, 1.165) is 11.1 Å². The molecule has 0 aliphatic carbocycles. The third kappa shape index (κ3) is 5.34. The fourth-order valence-electron chi connectivity index (χ4n) is 4.83.